The van der Waals surface area contributed by atoms with Crippen molar-refractivity contribution < 1.29 is 14.0 Å². The van der Waals surface area contributed by atoms with Crippen molar-refractivity contribution in [2.75, 3.05) is 0 Å². The molecule has 0 atom stereocenters. The number of rotatable bonds is 6. The third kappa shape index (κ3) is 3.20. The van der Waals surface area contributed by atoms with Gasteiger partial charge in [0.2, 0.25) is 0 Å². The number of imidazole rings is 1. The number of hydrogen-bond donors (Lipinski definition) is 1. The van der Waals surface area contributed by atoms with Crippen LogP contribution in [-0.4, -0.2) is 30.8 Å². The van der Waals surface area contributed by atoms with E-state index in [1.807, 2.05) is 13.8 Å². The lowest BCUT2D eigenvalue weighted by atomic mass is 10.1. The molecule has 0 aliphatic rings. The third-order valence-corrected chi connectivity index (χ3v) is 4.69. The Morgan fingerprint density at radius 1 is 1.10 bits per heavy atom. The fourth-order valence-corrected chi connectivity index (χ4v) is 3.33. The second-order valence-electron chi connectivity index (χ2n) is 7.03. The van der Waals surface area contributed by atoms with Gasteiger partial charge in [-0.15, -0.1) is 0 Å². The van der Waals surface area contributed by atoms with E-state index < -0.39 is 11.6 Å². The summed E-state index contributed by atoms with van der Waals surface area (Å²) in [4.78, 5) is 46.9. The van der Waals surface area contributed by atoms with Crippen LogP contribution >= 0.6 is 0 Å². The molecule has 152 valence electrons. The standard InChI is InChI=1S/C21H19N5O4/c1-12(2)26-20-17(16(18(22)28)23-19(24-20)15-9-6-10-30-15)25(21(26)29)11-14(27)13-7-4-3-5-8-13/h3-10,12H,11H2,1-2H3,(H2,22,28). The lowest BCUT2D eigenvalue weighted by Crippen LogP contribution is -2.28. The second-order valence-corrected chi connectivity index (χ2v) is 7.03. The van der Waals surface area contributed by atoms with Crippen molar-refractivity contribution in [2.24, 2.45) is 5.73 Å². The molecule has 4 aromatic rings. The van der Waals surface area contributed by atoms with Crippen molar-refractivity contribution in [1.29, 1.82) is 0 Å². The number of benzene rings is 1. The van der Waals surface area contributed by atoms with Gasteiger partial charge in [-0.2, -0.15) is 0 Å². The molecule has 0 unspecified atom stereocenters. The van der Waals surface area contributed by atoms with E-state index in [9.17, 15) is 14.4 Å². The quantitative estimate of drug-likeness (QED) is 0.491. The van der Waals surface area contributed by atoms with Gasteiger partial charge in [0, 0.05) is 11.6 Å². The molecule has 0 fully saturated rings. The summed E-state index contributed by atoms with van der Waals surface area (Å²) in [6.07, 6.45) is 1.45. The van der Waals surface area contributed by atoms with Crippen LogP contribution in [0.15, 0.2) is 57.9 Å². The number of primary amides is 1. The van der Waals surface area contributed by atoms with E-state index >= 15 is 0 Å². The molecule has 3 heterocycles. The van der Waals surface area contributed by atoms with Crippen LogP contribution in [0.1, 0.15) is 40.7 Å². The summed E-state index contributed by atoms with van der Waals surface area (Å²) in [5.74, 6) is -0.666. The molecular formula is C21H19N5O4. The molecule has 0 bridgehead atoms. The van der Waals surface area contributed by atoms with Crippen molar-refractivity contribution in [3.63, 3.8) is 0 Å². The van der Waals surface area contributed by atoms with E-state index in [1.54, 1.807) is 42.5 Å². The number of carbonyl (C=O) groups is 2. The fourth-order valence-electron chi connectivity index (χ4n) is 3.33. The molecule has 2 N–H and O–H groups in total. The molecule has 30 heavy (non-hydrogen) atoms. The zero-order chi connectivity index (χ0) is 21.4. The second kappa shape index (κ2) is 7.43. The summed E-state index contributed by atoms with van der Waals surface area (Å²) >= 11 is 0. The first-order valence-corrected chi connectivity index (χ1v) is 9.33. The smallest absolute Gasteiger partial charge is 0.331 e. The summed E-state index contributed by atoms with van der Waals surface area (Å²) in [7, 11) is 0. The van der Waals surface area contributed by atoms with Crippen molar-refractivity contribution in [2.45, 2.75) is 26.4 Å². The van der Waals surface area contributed by atoms with E-state index in [0.29, 0.717) is 11.3 Å². The molecule has 0 saturated carbocycles. The molecular weight excluding hydrogens is 386 g/mol. The topological polar surface area (TPSA) is 126 Å². The van der Waals surface area contributed by atoms with Gasteiger partial charge in [0.25, 0.3) is 5.91 Å². The molecule has 3 aromatic heterocycles. The van der Waals surface area contributed by atoms with E-state index in [2.05, 4.69) is 9.97 Å². The zero-order valence-corrected chi connectivity index (χ0v) is 16.4. The Balaban J connectivity index is 1.99. The fraction of sp³-hybridized carbons (Fsp3) is 0.190. The number of nitrogens with zero attached hydrogens (tertiary/aromatic N) is 4. The number of amides is 1. The van der Waals surface area contributed by atoms with Crippen LogP contribution < -0.4 is 11.4 Å². The third-order valence-electron chi connectivity index (χ3n) is 4.69. The number of fused-ring (bicyclic) bond motifs is 1. The highest BCUT2D eigenvalue weighted by Crippen LogP contribution is 2.24. The number of carbonyl (C=O) groups excluding carboxylic acids is 2. The van der Waals surface area contributed by atoms with Gasteiger partial charge in [-0.1, -0.05) is 30.3 Å². The Morgan fingerprint density at radius 2 is 1.83 bits per heavy atom. The molecule has 0 radical (unpaired) electrons. The number of nitrogens with two attached hydrogens (primary N) is 1. The average molecular weight is 405 g/mol. The minimum absolute atomic E-state index is 0.126. The van der Waals surface area contributed by atoms with E-state index in [1.165, 1.54) is 15.4 Å². The highest BCUT2D eigenvalue weighted by atomic mass is 16.3. The molecule has 1 aromatic carbocycles. The van der Waals surface area contributed by atoms with Gasteiger partial charge in [-0.25, -0.2) is 14.8 Å². The van der Waals surface area contributed by atoms with Crippen molar-refractivity contribution in [3.05, 3.63) is 70.5 Å². The number of hydrogen-bond acceptors (Lipinski definition) is 6. The van der Waals surface area contributed by atoms with Gasteiger partial charge in [0.1, 0.15) is 5.52 Å². The Kier molecular flexibility index (Phi) is 4.78. The Bertz CT molecular complexity index is 1300. The molecule has 0 aliphatic heterocycles. The lowest BCUT2D eigenvalue weighted by molar-refractivity contribution is 0.0966. The maximum atomic E-state index is 13.2. The highest BCUT2D eigenvalue weighted by Gasteiger charge is 2.26. The van der Waals surface area contributed by atoms with E-state index in [0.717, 1.165) is 0 Å². The minimum Gasteiger partial charge on any atom is -0.461 e. The highest BCUT2D eigenvalue weighted by molar-refractivity contribution is 6.03. The maximum absolute atomic E-state index is 13.2. The molecule has 4 rings (SSSR count). The Labute approximate surface area is 170 Å². The molecule has 9 heteroatoms. The van der Waals surface area contributed by atoms with Crippen LogP contribution in [0.5, 0.6) is 0 Å². The maximum Gasteiger partial charge on any atom is 0.331 e. The number of aromatic nitrogens is 4. The van der Waals surface area contributed by atoms with Gasteiger partial charge in [-0.05, 0) is 26.0 Å². The Hall–Kier alpha value is -4.01. The summed E-state index contributed by atoms with van der Waals surface area (Å²) < 4.78 is 7.95. The molecule has 1 amide bonds. The Morgan fingerprint density at radius 3 is 2.43 bits per heavy atom. The molecule has 0 aliphatic carbocycles. The summed E-state index contributed by atoms with van der Waals surface area (Å²) in [5, 5.41) is 0. The van der Waals surface area contributed by atoms with Gasteiger partial charge < -0.3 is 10.2 Å². The first kappa shape index (κ1) is 19.3. The zero-order valence-electron chi connectivity index (χ0n) is 16.4. The van der Waals surface area contributed by atoms with Crippen molar-refractivity contribution in [1.82, 2.24) is 19.1 Å². The van der Waals surface area contributed by atoms with Gasteiger partial charge in [-0.3, -0.25) is 18.7 Å². The van der Waals surface area contributed by atoms with Gasteiger partial charge in [0.15, 0.2) is 28.7 Å². The van der Waals surface area contributed by atoms with Crippen molar-refractivity contribution in [3.8, 4) is 11.6 Å². The summed E-state index contributed by atoms with van der Waals surface area (Å²) in [6.45, 7) is 3.34. The van der Waals surface area contributed by atoms with E-state index in [-0.39, 0.29) is 41.1 Å². The number of Topliss-reactive ketones (excluding diaryl/α,β-unsaturated/α-hetero) is 1. The van der Waals surface area contributed by atoms with E-state index in [4.69, 9.17) is 10.2 Å². The van der Waals surface area contributed by atoms with Crippen LogP contribution in [0.4, 0.5) is 0 Å². The van der Waals surface area contributed by atoms with Crippen molar-refractivity contribution >= 4 is 22.9 Å². The number of furan rings is 1. The predicted octanol–water partition coefficient (Wildman–Crippen LogP) is 2.42. The predicted molar refractivity (Wildman–Crippen MR) is 109 cm³/mol. The minimum atomic E-state index is -0.836. The molecule has 9 nitrogen and oxygen atoms in total. The number of ketones is 1. The van der Waals surface area contributed by atoms with Crippen LogP contribution in [0, 0.1) is 0 Å². The van der Waals surface area contributed by atoms with Gasteiger partial charge >= 0.3 is 5.69 Å². The summed E-state index contributed by atoms with van der Waals surface area (Å²) in [5.41, 5.74) is 5.74. The molecule has 0 saturated heterocycles. The summed E-state index contributed by atoms with van der Waals surface area (Å²) in [6, 6.07) is 11.6. The lowest BCUT2D eigenvalue weighted by Gasteiger charge is -2.07. The monoisotopic (exact) mass is 405 g/mol. The SMILES string of the molecule is CC(C)n1c(=O)n(CC(=O)c2ccccc2)c2c(C(N)=O)nc(-c3ccco3)nc21. The average Bonchev–Trinajstić information content (AvgIpc) is 3.35. The largest absolute Gasteiger partial charge is 0.461 e. The van der Waals surface area contributed by atoms with Crippen LogP contribution in [0.3, 0.4) is 0 Å². The van der Waals surface area contributed by atoms with Gasteiger partial charge in [0.05, 0.1) is 12.8 Å². The van der Waals surface area contributed by atoms with Crippen LogP contribution in [0.25, 0.3) is 22.7 Å². The normalized spacial score (nSPS) is 11.3. The van der Waals surface area contributed by atoms with Crippen LogP contribution in [-0.2, 0) is 6.54 Å². The first-order valence-electron chi connectivity index (χ1n) is 9.33. The molecule has 0 spiro atoms. The van der Waals surface area contributed by atoms with Crippen LogP contribution in [0.2, 0.25) is 0 Å². The first-order chi connectivity index (χ1) is 14.4.